The molecule has 0 bridgehead atoms. The molecule has 1 heterocycles. The molecular weight excluding hydrogens is 284 g/mol. The van der Waals surface area contributed by atoms with E-state index < -0.39 is 0 Å². The van der Waals surface area contributed by atoms with Gasteiger partial charge in [0.25, 0.3) is 0 Å². The van der Waals surface area contributed by atoms with Crippen molar-refractivity contribution in [3.05, 3.63) is 35.5 Å². The van der Waals surface area contributed by atoms with Crippen LogP contribution < -0.4 is 0 Å². The first-order valence-corrected chi connectivity index (χ1v) is 7.52. The number of rotatable bonds is 3. The van der Waals surface area contributed by atoms with E-state index in [0.29, 0.717) is 18.4 Å². The van der Waals surface area contributed by atoms with Crippen molar-refractivity contribution >= 4 is 11.9 Å². The second-order valence-corrected chi connectivity index (χ2v) is 5.70. The van der Waals surface area contributed by atoms with Crippen molar-refractivity contribution in [2.24, 2.45) is 5.92 Å². The minimum atomic E-state index is -0.369. The fourth-order valence-corrected chi connectivity index (χ4v) is 2.80. The second-order valence-electron chi connectivity index (χ2n) is 5.70. The number of hydrogen-bond donors (Lipinski definition) is 1. The van der Waals surface area contributed by atoms with E-state index in [1.165, 1.54) is 6.92 Å². The average molecular weight is 306 g/mol. The first-order valence-electron chi connectivity index (χ1n) is 7.52. The van der Waals surface area contributed by atoms with Gasteiger partial charge in [-0.15, -0.1) is 0 Å². The molecule has 120 valence electrons. The van der Waals surface area contributed by atoms with E-state index in [9.17, 15) is 14.7 Å². The number of carbonyl (C=O) groups excluding carboxylic acids is 2. The summed E-state index contributed by atoms with van der Waals surface area (Å²) in [4.78, 5) is 22.8. The van der Waals surface area contributed by atoms with Crippen LogP contribution in [0.5, 0.6) is 0 Å². The van der Waals surface area contributed by atoms with Crippen LogP contribution in [0.4, 0.5) is 0 Å². The minimum Gasteiger partial charge on any atom is -0.461 e. The first kappa shape index (κ1) is 16.5. The first-order chi connectivity index (χ1) is 10.5. The van der Waals surface area contributed by atoms with Crippen molar-refractivity contribution in [1.82, 2.24) is 0 Å². The predicted molar refractivity (Wildman–Crippen MR) is 80.9 cm³/mol. The van der Waals surface area contributed by atoms with Crippen molar-refractivity contribution in [3.63, 3.8) is 0 Å². The molecule has 0 radical (unpaired) electrons. The Balaban J connectivity index is 2.21. The SMILES string of the molecule is C=C1C(=O)O[C@@H]2/C=C(\COC(C)=O)CC/C=C(\CO)CC[C@@H]12. The Labute approximate surface area is 130 Å². The number of hydrogen-bond acceptors (Lipinski definition) is 5. The smallest absolute Gasteiger partial charge is 0.334 e. The highest BCUT2D eigenvalue weighted by molar-refractivity contribution is 5.91. The maximum Gasteiger partial charge on any atom is 0.334 e. The Morgan fingerprint density at radius 2 is 2.23 bits per heavy atom. The minimum absolute atomic E-state index is 0.0155. The number of ether oxygens (including phenoxy) is 2. The number of esters is 2. The summed E-state index contributed by atoms with van der Waals surface area (Å²) in [5.41, 5.74) is 2.36. The molecule has 0 amide bonds. The zero-order valence-electron chi connectivity index (χ0n) is 12.8. The summed E-state index contributed by atoms with van der Waals surface area (Å²) in [5.74, 6) is -0.798. The fourth-order valence-electron chi connectivity index (χ4n) is 2.80. The Hall–Kier alpha value is -1.88. The number of aliphatic hydroxyl groups excluding tert-OH is 1. The highest BCUT2D eigenvalue weighted by Gasteiger charge is 2.37. The summed E-state index contributed by atoms with van der Waals surface area (Å²) in [7, 11) is 0. The van der Waals surface area contributed by atoms with Crippen LogP contribution in [0, 0.1) is 5.92 Å². The Morgan fingerprint density at radius 3 is 2.91 bits per heavy atom. The lowest BCUT2D eigenvalue weighted by molar-refractivity contribution is -0.140. The summed E-state index contributed by atoms with van der Waals surface area (Å²) >= 11 is 0. The maximum atomic E-state index is 11.8. The van der Waals surface area contributed by atoms with Gasteiger partial charge in [-0.1, -0.05) is 12.7 Å². The zero-order chi connectivity index (χ0) is 16.1. The van der Waals surface area contributed by atoms with Crippen LogP contribution in [-0.4, -0.2) is 36.4 Å². The van der Waals surface area contributed by atoms with E-state index in [1.54, 1.807) is 0 Å². The molecule has 1 aliphatic carbocycles. The lowest BCUT2D eigenvalue weighted by atomic mass is 9.88. The molecule has 0 aromatic rings. The van der Waals surface area contributed by atoms with Crippen LogP contribution in [0.2, 0.25) is 0 Å². The van der Waals surface area contributed by atoms with E-state index in [4.69, 9.17) is 9.47 Å². The van der Waals surface area contributed by atoms with Gasteiger partial charge in [-0.2, -0.15) is 0 Å². The number of carbonyl (C=O) groups is 2. The van der Waals surface area contributed by atoms with E-state index in [-0.39, 0.29) is 37.2 Å². The summed E-state index contributed by atoms with van der Waals surface area (Å²) in [5, 5.41) is 9.40. The van der Waals surface area contributed by atoms with E-state index in [1.807, 2.05) is 12.2 Å². The predicted octanol–water partition coefficient (Wildman–Crippen LogP) is 2.07. The normalized spacial score (nSPS) is 30.5. The zero-order valence-corrected chi connectivity index (χ0v) is 12.8. The lowest BCUT2D eigenvalue weighted by Gasteiger charge is -2.19. The highest BCUT2D eigenvalue weighted by atomic mass is 16.6. The van der Waals surface area contributed by atoms with Crippen molar-refractivity contribution in [1.29, 1.82) is 0 Å². The molecule has 0 aromatic heterocycles. The molecule has 2 rings (SSSR count). The molecule has 2 atom stereocenters. The topological polar surface area (TPSA) is 72.8 Å². The van der Waals surface area contributed by atoms with Gasteiger partial charge in [-0.05, 0) is 42.9 Å². The molecule has 1 fully saturated rings. The second kappa shape index (κ2) is 7.40. The van der Waals surface area contributed by atoms with E-state index in [2.05, 4.69) is 6.58 Å². The van der Waals surface area contributed by atoms with Crippen LogP contribution in [0.15, 0.2) is 35.5 Å². The quantitative estimate of drug-likeness (QED) is 0.491. The molecule has 1 aliphatic heterocycles. The summed E-state index contributed by atoms with van der Waals surface area (Å²) < 4.78 is 10.4. The summed E-state index contributed by atoms with van der Waals surface area (Å²) in [6.07, 6.45) is 6.44. The van der Waals surface area contributed by atoms with Crippen molar-refractivity contribution in [2.75, 3.05) is 13.2 Å². The van der Waals surface area contributed by atoms with Gasteiger partial charge < -0.3 is 14.6 Å². The molecule has 1 saturated heterocycles. The Kier molecular flexibility index (Phi) is 5.55. The summed E-state index contributed by atoms with van der Waals surface area (Å²) in [6, 6.07) is 0. The Bertz CT molecular complexity index is 529. The third-order valence-corrected chi connectivity index (χ3v) is 4.09. The largest absolute Gasteiger partial charge is 0.461 e. The van der Waals surface area contributed by atoms with E-state index >= 15 is 0 Å². The Morgan fingerprint density at radius 1 is 1.45 bits per heavy atom. The molecule has 0 aromatic carbocycles. The molecule has 0 spiro atoms. The van der Waals surface area contributed by atoms with Gasteiger partial charge in [-0.25, -0.2) is 4.79 Å². The van der Waals surface area contributed by atoms with Gasteiger partial charge in [0.1, 0.15) is 12.7 Å². The van der Waals surface area contributed by atoms with Crippen LogP contribution >= 0.6 is 0 Å². The van der Waals surface area contributed by atoms with Crippen molar-refractivity contribution < 1.29 is 24.2 Å². The average Bonchev–Trinajstić information content (AvgIpc) is 2.75. The number of allylic oxidation sites excluding steroid dienone is 1. The molecule has 5 heteroatoms. The van der Waals surface area contributed by atoms with Crippen LogP contribution in [0.25, 0.3) is 0 Å². The molecular formula is C17H22O5. The lowest BCUT2D eigenvalue weighted by Crippen LogP contribution is -2.17. The number of aliphatic hydroxyl groups is 1. The summed E-state index contributed by atoms with van der Waals surface area (Å²) in [6.45, 7) is 5.41. The molecule has 2 aliphatic rings. The number of fused-ring (bicyclic) bond motifs is 1. The molecule has 5 nitrogen and oxygen atoms in total. The van der Waals surface area contributed by atoms with Crippen LogP contribution in [0.3, 0.4) is 0 Å². The molecule has 1 N–H and O–H groups in total. The third-order valence-electron chi connectivity index (χ3n) is 4.09. The monoisotopic (exact) mass is 306 g/mol. The van der Waals surface area contributed by atoms with Gasteiger partial charge >= 0.3 is 11.9 Å². The standard InChI is InChI=1S/C17H22O5/c1-11-15-7-6-13(9-18)4-3-5-14(10-21-12(2)19)8-16(15)22-17(11)20/h4,8,15-16,18H,1,3,5-7,9-10H2,2H3/b13-4-,14-8-/t15-,16+/m0/s1. The van der Waals surface area contributed by atoms with Gasteiger partial charge in [-0.3, -0.25) is 4.79 Å². The fraction of sp³-hybridized carbons (Fsp3) is 0.529. The third kappa shape index (κ3) is 4.07. The maximum absolute atomic E-state index is 11.8. The van der Waals surface area contributed by atoms with Gasteiger partial charge in [0, 0.05) is 18.4 Å². The van der Waals surface area contributed by atoms with Gasteiger partial charge in [0.2, 0.25) is 0 Å². The van der Waals surface area contributed by atoms with E-state index in [0.717, 1.165) is 24.0 Å². The van der Waals surface area contributed by atoms with Crippen molar-refractivity contribution in [2.45, 2.75) is 38.7 Å². The van der Waals surface area contributed by atoms with Gasteiger partial charge in [0.05, 0.1) is 6.61 Å². The highest BCUT2D eigenvalue weighted by Crippen LogP contribution is 2.34. The molecule has 0 unspecified atom stereocenters. The van der Waals surface area contributed by atoms with Crippen molar-refractivity contribution in [3.8, 4) is 0 Å². The molecule has 22 heavy (non-hydrogen) atoms. The van der Waals surface area contributed by atoms with Crippen LogP contribution in [0.1, 0.15) is 32.6 Å². The van der Waals surface area contributed by atoms with Gasteiger partial charge in [0.15, 0.2) is 0 Å². The molecule has 0 saturated carbocycles. The van der Waals surface area contributed by atoms with Crippen LogP contribution in [-0.2, 0) is 19.1 Å².